The lowest BCUT2D eigenvalue weighted by Crippen LogP contribution is -2.44. The lowest BCUT2D eigenvalue weighted by Gasteiger charge is -2.39. The summed E-state index contributed by atoms with van der Waals surface area (Å²) >= 11 is 0. The summed E-state index contributed by atoms with van der Waals surface area (Å²) in [5.41, 5.74) is 11.6. The Morgan fingerprint density at radius 1 is 1.29 bits per heavy atom. The van der Waals surface area contributed by atoms with E-state index in [9.17, 15) is 0 Å². The summed E-state index contributed by atoms with van der Waals surface area (Å²) in [5.74, 6) is 0. The van der Waals surface area contributed by atoms with Gasteiger partial charge in [-0.1, -0.05) is 17.7 Å². The Hall–Kier alpha value is -0.900. The molecule has 0 amide bonds. The summed E-state index contributed by atoms with van der Waals surface area (Å²) in [5, 5.41) is 0. The number of benzene rings is 1. The molecule has 2 atom stereocenters. The van der Waals surface area contributed by atoms with Gasteiger partial charge in [0.25, 0.3) is 0 Å². The number of rotatable bonds is 5. The van der Waals surface area contributed by atoms with Gasteiger partial charge in [0.15, 0.2) is 0 Å². The van der Waals surface area contributed by atoms with E-state index in [1.54, 1.807) is 0 Å². The van der Waals surface area contributed by atoms with Gasteiger partial charge in [0.2, 0.25) is 0 Å². The molecule has 1 fully saturated rings. The molecule has 2 rings (SSSR count). The van der Waals surface area contributed by atoms with Crippen LogP contribution in [-0.2, 0) is 4.74 Å². The summed E-state index contributed by atoms with van der Waals surface area (Å²) in [6, 6.07) is 4.86. The number of ether oxygens (including phenoxy) is 1. The van der Waals surface area contributed by atoms with Gasteiger partial charge in [-0.3, -0.25) is 4.90 Å². The number of aryl methyl sites for hydroxylation is 3. The normalized spacial score (nSPS) is 21.5. The number of hydrogen-bond donors (Lipinski definition) is 1. The Kier molecular flexibility index (Phi) is 5.80. The van der Waals surface area contributed by atoms with Gasteiger partial charge in [0.05, 0.1) is 6.10 Å². The Morgan fingerprint density at radius 2 is 1.95 bits per heavy atom. The summed E-state index contributed by atoms with van der Waals surface area (Å²) < 4.78 is 5.84. The summed E-state index contributed by atoms with van der Waals surface area (Å²) in [6.45, 7) is 12.3. The average molecular weight is 290 g/mol. The second kappa shape index (κ2) is 7.39. The molecule has 118 valence electrons. The Morgan fingerprint density at radius 3 is 2.52 bits per heavy atom. The fourth-order valence-corrected chi connectivity index (χ4v) is 3.79. The minimum Gasteiger partial charge on any atom is -0.377 e. The minimum absolute atomic E-state index is 0.314. The Balaban J connectivity index is 2.23. The van der Waals surface area contributed by atoms with Crippen LogP contribution in [0.4, 0.5) is 0 Å². The van der Waals surface area contributed by atoms with Crippen LogP contribution >= 0.6 is 0 Å². The standard InChI is InChI=1S/C18H30N2O/c1-5-21-16-7-6-8-20(12-16)17(11-19)18-14(3)9-13(2)10-15(18)4/h9-10,16-17H,5-8,11-12,19H2,1-4H3. The van der Waals surface area contributed by atoms with E-state index in [4.69, 9.17) is 10.5 Å². The van der Waals surface area contributed by atoms with Crippen molar-refractivity contribution in [3.63, 3.8) is 0 Å². The van der Waals surface area contributed by atoms with Crippen LogP contribution in [0, 0.1) is 20.8 Å². The van der Waals surface area contributed by atoms with E-state index in [0.717, 1.165) is 19.7 Å². The van der Waals surface area contributed by atoms with Gasteiger partial charge in [-0.15, -0.1) is 0 Å². The van der Waals surface area contributed by atoms with E-state index >= 15 is 0 Å². The van der Waals surface area contributed by atoms with Crippen LogP contribution in [0.2, 0.25) is 0 Å². The molecule has 1 aliphatic rings. The molecular weight excluding hydrogens is 260 g/mol. The number of hydrogen-bond acceptors (Lipinski definition) is 3. The molecule has 1 aromatic rings. The second-order valence-electron chi connectivity index (χ2n) is 6.28. The number of nitrogens with zero attached hydrogens (tertiary/aromatic N) is 1. The van der Waals surface area contributed by atoms with Gasteiger partial charge >= 0.3 is 0 Å². The number of nitrogens with two attached hydrogens (primary N) is 1. The molecule has 0 bridgehead atoms. The van der Waals surface area contributed by atoms with Crippen molar-refractivity contribution in [2.75, 3.05) is 26.2 Å². The maximum absolute atomic E-state index is 6.15. The molecule has 1 saturated heterocycles. The van der Waals surface area contributed by atoms with Crippen molar-refractivity contribution in [3.8, 4) is 0 Å². The first-order valence-corrected chi connectivity index (χ1v) is 8.20. The van der Waals surface area contributed by atoms with Gasteiger partial charge in [-0.25, -0.2) is 0 Å². The first-order valence-electron chi connectivity index (χ1n) is 8.20. The number of piperidine rings is 1. The van der Waals surface area contributed by atoms with Crippen molar-refractivity contribution in [3.05, 3.63) is 34.4 Å². The van der Waals surface area contributed by atoms with Gasteiger partial charge in [0.1, 0.15) is 0 Å². The van der Waals surface area contributed by atoms with E-state index in [2.05, 4.69) is 44.7 Å². The quantitative estimate of drug-likeness (QED) is 0.905. The molecule has 1 aromatic carbocycles. The zero-order valence-electron chi connectivity index (χ0n) is 14.0. The van der Waals surface area contributed by atoms with Gasteiger partial charge in [-0.05, 0) is 63.8 Å². The van der Waals surface area contributed by atoms with Crippen molar-refractivity contribution in [2.24, 2.45) is 5.73 Å². The SMILES string of the molecule is CCOC1CCCN(C(CN)c2c(C)cc(C)cc2C)C1. The zero-order valence-corrected chi connectivity index (χ0v) is 14.0. The third kappa shape index (κ3) is 3.85. The maximum Gasteiger partial charge on any atom is 0.0702 e. The van der Waals surface area contributed by atoms with Crippen LogP contribution < -0.4 is 5.73 Å². The lowest BCUT2D eigenvalue weighted by atomic mass is 9.91. The molecule has 0 radical (unpaired) electrons. The number of likely N-dealkylation sites (tertiary alicyclic amines) is 1. The molecule has 1 aliphatic heterocycles. The highest BCUT2D eigenvalue weighted by Gasteiger charge is 2.28. The van der Waals surface area contributed by atoms with Crippen LogP contribution in [0.5, 0.6) is 0 Å². The topological polar surface area (TPSA) is 38.5 Å². The molecule has 2 N–H and O–H groups in total. The molecule has 2 unspecified atom stereocenters. The molecule has 0 saturated carbocycles. The van der Waals surface area contributed by atoms with E-state index in [1.807, 2.05) is 0 Å². The van der Waals surface area contributed by atoms with E-state index in [1.165, 1.54) is 35.1 Å². The molecular formula is C18H30N2O. The first-order chi connectivity index (χ1) is 10.1. The largest absolute Gasteiger partial charge is 0.377 e. The Labute approximate surface area is 129 Å². The predicted octanol–water partition coefficient (Wildman–Crippen LogP) is 3.11. The Bertz CT molecular complexity index is 447. The van der Waals surface area contributed by atoms with E-state index in [-0.39, 0.29) is 0 Å². The summed E-state index contributed by atoms with van der Waals surface area (Å²) in [6.07, 6.45) is 2.74. The van der Waals surface area contributed by atoms with Crippen molar-refractivity contribution >= 4 is 0 Å². The van der Waals surface area contributed by atoms with Gasteiger partial charge < -0.3 is 10.5 Å². The third-order valence-corrected chi connectivity index (χ3v) is 4.55. The molecule has 3 heteroatoms. The van der Waals surface area contributed by atoms with Gasteiger partial charge in [-0.2, -0.15) is 0 Å². The summed E-state index contributed by atoms with van der Waals surface area (Å²) in [7, 11) is 0. The fourth-order valence-electron chi connectivity index (χ4n) is 3.79. The minimum atomic E-state index is 0.314. The van der Waals surface area contributed by atoms with Crippen LogP contribution in [0.3, 0.4) is 0 Å². The highest BCUT2D eigenvalue weighted by Crippen LogP contribution is 2.30. The smallest absolute Gasteiger partial charge is 0.0702 e. The molecule has 21 heavy (non-hydrogen) atoms. The third-order valence-electron chi connectivity index (χ3n) is 4.55. The van der Waals surface area contributed by atoms with Crippen LogP contribution in [0.25, 0.3) is 0 Å². The van der Waals surface area contributed by atoms with E-state index in [0.29, 0.717) is 18.7 Å². The maximum atomic E-state index is 6.15. The molecule has 0 spiro atoms. The zero-order chi connectivity index (χ0) is 15.4. The highest BCUT2D eigenvalue weighted by atomic mass is 16.5. The second-order valence-corrected chi connectivity index (χ2v) is 6.28. The highest BCUT2D eigenvalue weighted by molar-refractivity contribution is 5.40. The van der Waals surface area contributed by atoms with E-state index < -0.39 is 0 Å². The fraction of sp³-hybridized carbons (Fsp3) is 0.667. The monoisotopic (exact) mass is 290 g/mol. The van der Waals surface area contributed by atoms with Crippen LogP contribution in [0.15, 0.2) is 12.1 Å². The van der Waals surface area contributed by atoms with Crippen LogP contribution in [-0.4, -0.2) is 37.2 Å². The first kappa shape index (κ1) is 16.5. The predicted molar refractivity (Wildman–Crippen MR) is 88.7 cm³/mol. The molecule has 0 aromatic heterocycles. The van der Waals surface area contributed by atoms with Crippen molar-refractivity contribution in [1.82, 2.24) is 4.90 Å². The van der Waals surface area contributed by atoms with Crippen molar-refractivity contribution < 1.29 is 4.74 Å². The lowest BCUT2D eigenvalue weighted by molar-refractivity contribution is -0.00675. The molecule has 1 heterocycles. The van der Waals surface area contributed by atoms with Crippen LogP contribution in [0.1, 0.15) is 48.1 Å². The van der Waals surface area contributed by atoms with Crippen molar-refractivity contribution in [1.29, 1.82) is 0 Å². The molecule has 0 aliphatic carbocycles. The van der Waals surface area contributed by atoms with Gasteiger partial charge in [0, 0.05) is 25.7 Å². The molecule has 3 nitrogen and oxygen atoms in total. The summed E-state index contributed by atoms with van der Waals surface area (Å²) in [4.78, 5) is 2.52. The average Bonchev–Trinajstić information content (AvgIpc) is 2.43. The van der Waals surface area contributed by atoms with Crippen molar-refractivity contribution in [2.45, 2.75) is 52.7 Å².